The second kappa shape index (κ2) is 4.72. The van der Waals surface area contributed by atoms with Crippen LogP contribution < -0.4 is 0 Å². The van der Waals surface area contributed by atoms with Crippen molar-refractivity contribution in [1.82, 2.24) is 0 Å². The summed E-state index contributed by atoms with van der Waals surface area (Å²) in [6, 6.07) is 0. The van der Waals surface area contributed by atoms with Gasteiger partial charge in [-0.15, -0.1) is 0 Å². The number of carbonyl (C=O) groups excluding carboxylic acids is 1. The average Bonchev–Trinajstić information content (AvgIpc) is 2.08. The van der Waals surface area contributed by atoms with Crippen LogP contribution in [-0.2, 0) is 14.3 Å². The standard InChI is InChI=1S/C10H18O3/c1-3-12-7-10(8-13-4-2)5-9(11)6-10/h3-8H2,1-2H3. The van der Waals surface area contributed by atoms with E-state index in [4.69, 9.17) is 9.47 Å². The van der Waals surface area contributed by atoms with E-state index in [2.05, 4.69) is 0 Å². The molecule has 0 aromatic heterocycles. The molecular formula is C10H18O3. The fourth-order valence-corrected chi connectivity index (χ4v) is 1.67. The van der Waals surface area contributed by atoms with Gasteiger partial charge in [0.05, 0.1) is 13.2 Å². The summed E-state index contributed by atoms with van der Waals surface area (Å²) in [6.07, 6.45) is 1.26. The Hall–Kier alpha value is -0.410. The largest absolute Gasteiger partial charge is 0.381 e. The maximum atomic E-state index is 10.9. The Balaban J connectivity index is 2.31. The van der Waals surface area contributed by atoms with E-state index in [1.165, 1.54) is 0 Å². The zero-order valence-corrected chi connectivity index (χ0v) is 8.47. The Kier molecular flexibility index (Phi) is 3.88. The number of hydrogen-bond donors (Lipinski definition) is 0. The Morgan fingerprint density at radius 2 is 1.62 bits per heavy atom. The third kappa shape index (κ3) is 2.78. The SMILES string of the molecule is CCOCC1(COCC)CC(=O)C1. The Labute approximate surface area is 79.4 Å². The Morgan fingerprint density at radius 3 is 1.92 bits per heavy atom. The van der Waals surface area contributed by atoms with E-state index >= 15 is 0 Å². The molecule has 0 aliphatic heterocycles. The molecule has 1 aliphatic carbocycles. The van der Waals surface area contributed by atoms with Gasteiger partial charge in [0.2, 0.25) is 0 Å². The minimum atomic E-state index is 0.00308. The fraction of sp³-hybridized carbons (Fsp3) is 0.900. The first-order valence-corrected chi connectivity index (χ1v) is 4.89. The molecule has 0 amide bonds. The zero-order valence-electron chi connectivity index (χ0n) is 8.47. The number of hydrogen-bond acceptors (Lipinski definition) is 3. The lowest BCUT2D eigenvalue weighted by Crippen LogP contribution is -2.45. The van der Waals surface area contributed by atoms with Crippen LogP contribution in [0.1, 0.15) is 26.7 Å². The van der Waals surface area contributed by atoms with Gasteiger partial charge in [0, 0.05) is 31.5 Å². The Bertz CT molecular complexity index is 159. The number of ether oxygens (including phenoxy) is 2. The minimum absolute atomic E-state index is 0.00308. The van der Waals surface area contributed by atoms with Crippen LogP contribution in [0, 0.1) is 5.41 Å². The van der Waals surface area contributed by atoms with Gasteiger partial charge in [0.1, 0.15) is 5.78 Å². The molecule has 3 heteroatoms. The zero-order chi connectivity index (χ0) is 9.73. The van der Waals surface area contributed by atoms with Gasteiger partial charge in [-0.3, -0.25) is 4.79 Å². The third-order valence-electron chi connectivity index (χ3n) is 2.37. The van der Waals surface area contributed by atoms with Gasteiger partial charge < -0.3 is 9.47 Å². The van der Waals surface area contributed by atoms with Crippen LogP contribution in [-0.4, -0.2) is 32.2 Å². The highest BCUT2D eigenvalue weighted by Gasteiger charge is 2.43. The molecule has 0 N–H and O–H groups in total. The first-order chi connectivity index (χ1) is 6.22. The van der Waals surface area contributed by atoms with E-state index in [-0.39, 0.29) is 5.41 Å². The lowest BCUT2D eigenvalue weighted by Gasteiger charge is -2.39. The molecule has 0 spiro atoms. The molecular weight excluding hydrogens is 168 g/mol. The summed E-state index contributed by atoms with van der Waals surface area (Å²) in [4.78, 5) is 10.9. The van der Waals surface area contributed by atoms with Crippen molar-refractivity contribution in [3.63, 3.8) is 0 Å². The first kappa shape index (κ1) is 10.7. The summed E-state index contributed by atoms with van der Waals surface area (Å²) in [6.45, 7) is 6.68. The normalized spacial score (nSPS) is 20.0. The van der Waals surface area contributed by atoms with E-state index in [9.17, 15) is 4.79 Å². The van der Waals surface area contributed by atoms with Crippen molar-refractivity contribution >= 4 is 5.78 Å². The second-order valence-electron chi connectivity index (χ2n) is 3.67. The van der Waals surface area contributed by atoms with Gasteiger partial charge in [0.15, 0.2) is 0 Å². The first-order valence-electron chi connectivity index (χ1n) is 4.89. The van der Waals surface area contributed by atoms with Crippen molar-refractivity contribution in [1.29, 1.82) is 0 Å². The highest BCUT2D eigenvalue weighted by atomic mass is 16.5. The van der Waals surface area contributed by atoms with Gasteiger partial charge in [0.25, 0.3) is 0 Å². The number of rotatable bonds is 6. The number of carbonyl (C=O) groups is 1. The molecule has 1 rings (SSSR count). The summed E-state index contributed by atoms with van der Waals surface area (Å²) in [5, 5.41) is 0. The van der Waals surface area contributed by atoms with Crippen LogP contribution in [0.15, 0.2) is 0 Å². The molecule has 3 nitrogen and oxygen atoms in total. The van der Waals surface area contributed by atoms with Crippen LogP contribution in [0.3, 0.4) is 0 Å². The second-order valence-corrected chi connectivity index (χ2v) is 3.67. The molecule has 1 fully saturated rings. The van der Waals surface area contributed by atoms with Crippen LogP contribution in [0.25, 0.3) is 0 Å². The molecule has 1 aliphatic rings. The molecule has 0 radical (unpaired) electrons. The predicted octanol–water partition coefficient (Wildman–Crippen LogP) is 1.41. The number of Topliss-reactive ketones (excluding diaryl/α,β-unsaturated/α-hetero) is 1. The smallest absolute Gasteiger partial charge is 0.134 e. The van der Waals surface area contributed by atoms with E-state index in [0.717, 1.165) is 0 Å². The summed E-state index contributed by atoms with van der Waals surface area (Å²) < 4.78 is 10.7. The molecule has 0 aromatic rings. The van der Waals surface area contributed by atoms with Crippen molar-refractivity contribution < 1.29 is 14.3 Å². The monoisotopic (exact) mass is 186 g/mol. The van der Waals surface area contributed by atoms with Crippen LogP contribution in [0.5, 0.6) is 0 Å². The van der Waals surface area contributed by atoms with Gasteiger partial charge in [-0.05, 0) is 13.8 Å². The van der Waals surface area contributed by atoms with E-state index in [1.54, 1.807) is 0 Å². The summed E-state index contributed by atoms with van der Waals surface area (Å²) >= 11 is 0. The van der Waals surface area contributed by atoms with Gasteiger partial charge >= 0.3 is 0 Å². The summed E-state index contributed by atoms with van der Waals surface area (Å²) in [5.41, 5.74) is 0.00308. The highest BCUT2D eigenvalue weighted by Crippen LogP contribution is 2.38. The summed E-state index contributed by atoms with van der Waals surface area (Å²) in [5.74, 6) is 0.333. The van der Waals surface area contributed by atoms with Crippen molar-refractivity contribution in [2.45, 2.75) is 26.7 Å². The molecule has 0 unspecified atom stereocenters. The van der Waals surface area contributed by atoms with E-state index in [1.807, 2.05) is 13.8 Å². The molecule has 0 atom stereocenters. The minimum Gasteiger partial charge on any atom is -0.381 e. The maximum Gasteiger partial charge on any atom is 0.134 e. The lowest BCUT2D eigenvalue weighted by atomic mass is 9.69. The van der Waals surface area contributed by atoms with Crippen molar-refractivity contribution in [3.8, 4) is 0 Å². The van der Waals surface area contributed by atoms with Crippen LogP contribution in [0.4, 0.5) is 0 Å². The van der Waals surface area contributed by atoms with Crippen LogP contribution in [0.2, 0.25) is 0 Å². The molecule has 0 bridgehead atoms. The summed E-state index contributed by atoms with van der Waals surface area (Å²) in [7, 11) is 0. The van der Waals surface area contributed by atoms with E-state index in [0.29, 0.717) is 45.1 Å². The molecule has 0 aromatic carbocycles. The highest BCUT2D eigenvalue weighted by molar-refractivity contribution is 5.86. The quantitative estimate of drug-likeness (QED) is 0.629. The van der Waals surface area contributed by atoms with Gasteiger partial charge in [-0.2, -0.15) is 0 Å². The van der Waals surface area contributed by atoms with Gasteiger partial charge in [-0.1, -0.05) is 0 Å². The molecule has 13 heavy (non-hydrogen) atoms. The van der Waals surface area contributed by atoms with Crippen LogP contribution >= 0.6 is 0 Å². The number of ketones is 1. The predicted molar refractivity (Wildman–Crippen MR) is 49.7 cm³/mol. The average molecular weight is 186 g/mol. The maximum absolute atomic E-state index is 10.9. The molecule has 0 heterocycles. The van der Waals surface area contributed by atoms with E-state index < -0.39 is 0 Å². The third-order valence-corrected chi connectivity index (χ3v) is 2.37. The molecule has 0 saturated heterocycles. The van der Waals surface area contributed by atoms with Crippen molar-refractivity contribution in [2.75, 3.05) is 26.4 Å². The Morgan fingerprint density at radius 1 is 1.15 bits per heavy atom. The topological polar surface area (TPSA) is 35.5 Å². The fourth-order valence-electron chi connectivity index (χ4n) is 1.67. The van der Waals surface area contributed by atoms with Crippen molar-refractivity contribution in [2.24, 2.45) is 5.41 Å². The van der Waals surface area contributed by atoms with Gasteiger partial charge in [-0.25, -0.2) is 0 Å². The molecule has 1 saturated carbocycles. The lowest BCUT2D eigenvalue weighted by molar-refractivity contribution is -0.142. The molecule has 76 valence electrons. The van der Waals surface area contributed by atoms with Crippen molar-refractivity contribution in [3.05, 3.63) is 0 Å².